The van der Waals surface area contributed by atoms with Gasteiger partial charge in [-0.25, -0.2) is 0 Å². The third kappa shape index (κ3) is 13.6. The van der Waals surface area contributed by atoms with Crippen LogP contribution < -0.4 is 0 Å². The molecule has 1 aliphatic carbocycles. The lowest BCUT2D eigenvalue weighted by Gasteiger charge is -2.35. The highest BCUT2D eigenvalue weighted by molar-refractivity contribution is 7.32. The summed E-state index contributed by atoms with van der Waals surface area (Å²) in [5, 5.41) is 0. The van der Waals surface area contributed by atoms with E-state index < -0.39 is 0 Å². The Kier molecular flexibility index (Phi) is 12.2. The van der Waals surface area contributed by atoms with E-state index in [0.29, 0.717) is 10.8 Å². The van der Waals surface area contributed by atoms with Gasteiger partial charge < -0.3 is 0 Å². The fourth-order valence-electron chi connectivity index (χ4n) is 4.58. The van der Waals surface area contributed by atoms with E-state index in [1.807, 2.05) is 0 Å². The van der Waals surface area contributed by atoms with E-state index in [0.717, 1.165) is 20.8 Å². The Balaban J connectivity index is 2.44. The van der Waals surface area contributed by atoms with Gasteiger partial charge in [-0.15, -0.1) is 0 Å². The van der Waals surface area contributed by atoms with E-state index in [4.69, 9.17) is 0 Å². The molecule has 0 heterocycles. The lowest BCUT2D eigenvalue weighted by molar-refractivity contribution is 0.273. The van der Waals surface area contributed by atoms with Crippen LogP contribution in [0.15, 0.2) is 0 Å². The molecule has 2 nitrogen and oxygen atoms in total. The second-order valence-corrected chi connectivity index (χ2v) is 13.7. The molecule has 0 aliphatic heterocycles. The van der Waals surface area contributed by atoms with E-state index in [1.54, 1.807) is 0 Å². The average molecular weight is 413 g/mol. The molecule has 0 spiro atoms. The highest BCUT2D eigenvalue weighted by atomic mass is 31.1. The minimum absolute atomic E-state index is 0.478. The van der Waals surface area contributed by atoms with Gasteiger partial charge in [-0.2, -0.15) is 0 Å². The van der Waals surface area contributed by atoms with Crippen molar-refractivity contribution in [2.75, 3.05) is 20.6 Å². The molecule has 1 fully saturated rings. The average Bonchev–Trinajstić information content (AvgIpc) is 2.57. The molecule has 3 heteroatoms. The Morgan fingerprint density at radius 3 is 1.89 bits per heavy atom. The van der Waals surface area contributed by atoms with Crippen LogP contribution in [0.1, 0.15) is 119 Å². The molecule has 0 aromatic carbocycles. The first-order chi connectivity index (χ1) is 13.0. The number of nitrogens with zero attached hydrogens (tertiary/aromatic N) is 2. The zero-order valence-electron chi connectivity index (χ0n) is 20.7. The summed E-state index contributed by atoms with van der Waals surface area (Å²) >= 11 is 0. The van der Waals surface area contributed by atoms with Crippen molar-refractivity contribution in [1.29, 1.82) is 0 Å². The zero-order valence-corrected chi connectivity index (χ0v) is 21.7. The molecule has 0 aromatic rings. The predicted octanol–water partition coefficient (Wildman–Crippen LogP) is 8.13. The van der Waals surface area contributed by atoms with Gasteiger partial charge in [0.1, 0.15) is 0 Å². The van der Waals surface area contributed by atoms with Crippen molar-refractivity contribution in [3.05, 3.63) is 0 Å². The van der Waals surface area contributed by atoms with Crippen LogP contribution >= 0.6 is 8.88 Å². The Morgan fingerprint density at radius 2 is 1.32 bits per heavy atom. The van der Waals surface area contributed by atoms with Gasteiger partial charge in [0, 0.05) is 21.5 Å². The summed E-state index contributed by atoms with van der Waals surface area (Å²) in [6.07, 6.45) is 16.9. The van der Waals surface area contributed by atoms with Gasteiger partial charge in [0.05, 0.1) is 0 Å². The fraction of sp³-hybridized carbons (Fsp3) is 1.00. The summed E-state index contributed by atoms with van der Waals surface area (Å²) in [6, 6.07) is 0.834. The number of unbranched alkanes of at least 4 members (excludes halogenated alkanes) is 1. The molecule has 168 valence electrons. The molecule has 0 radical (unpaired) electrons. The molecule has 2 atom stereocenters. The molecule has 2 unspecified atom stereocenters. The molecule has 1 saturated carbocycles. The molecular weight excluding hydrogens is 359 g/mol. The van der Waals surface area contributed by atoms with Gasteiger partial charge in [-0.05, 0) is 69.4 Å². The van der Waals surface area contributed by atoms with E-state index in [9.17, 15) is 0 Å². The first-order valence-corrected chi connectivity index (χ1v) is 13.1. The molecule has 1 rings (SSSR count). The zero-order chi connectivity index (χ0) is 21.2. The van der Waals surface area contributed by atoms with Crippen LogP contribution in [0.2, 0.25) is 0 Å². The van der Waals surface area contributed by atoms with Crippen LogP contribution in [0.3, 0.4) is 0 Å². The second-order valence-electron chi connectivity index (χ2n) is 12.0. The first kappa shape index (κ1) is 26.4. The smallest absolute Gasteiger partial charge is 0.0237 e. The van der Waals surface area contributed by atoms with E-state index in [1.165, 1.54) is 83.6 Å². The van der Waals surface area contributed by atoms with Crippen molar-refractivity contribution in [1.82, 2.24) is 9.34 Å². The third-order valence-electron chi connectivity index (χ3n) is 6.31. The summed E-state index contributed by atoms with van der Waals surface area (Å²) in [4.78, 5) is 0. The van der Waals surface area contributed by atoms with Crippen molar-refractivity contribution in [2.24, 2.45) is 16.7 Å². The summed E-state index contributed by atoms with van der Waals surface area (Å²) < 4.78 is 5.30. The number of hydrogen-bond donors (Lipinski definition) is 0. The van der Waals surface area contributed by atoms with Crippen LogP contribution in [-0.2, 0) is 0 Å². The Morgan fingerprint density at radius 1 is 0.786 bits per heavy atom. The van der Waals surface area contributed by atoms with E-state index >= 15 is 0 Å². The van der Waals surface area contributed by atoms with E-state index in [-0.39, 0.29) is 0 Å². The lowest BCUT2D eigenvalue weighted by atomic mass is 9.85. The highest BCUT2D eigenvalue weighted by Crippen LogP contribution is 2.33. The Bertz CT molecular complexity index is 390. The summed E-state index contributed by atoms with van der Waals surface area (Å²) in [6.45, 7) is 15.6. The Hall–Kier alpha value is 0.350. The molecular formula is C25H53N2P. The molecule has 1 aliphatic rings. The van der Waals surface area contributed by atoms with E-state index in [2.05, 4.69) is 65.0 Å². The van der Waals surface area contributed by atoms with Crippen LogP contribution in [0.25, 0.3) is 0 Å². The molecule has 0 N–H and O–H groups in total. The standard InChI is InChI=1S/C25H53N2P/c1-24(2,3)19-13-12-15-22(16-14-20-25(4,5)6)21-26(7)28-27(8)23-17-10-9-11-18-23/h22-23,28H,9-21H2,1-8H3. The maximum Gasteiger partial charge on any atom is 0.0237 e. The molecule has 0 saturated heterocycles. The van der Waals surface area contributed by atoms with Gasteiger partial charge in [0.2, 0.25) is 0 Å². The van der Waals surface area contributed by atoms with Gasteiger partial charge >= 0.3 is 0 Å². The van der Waals surface area contributed by atoms with Crippen LogP contribution in [0, 0.1) is 16.7 Å². The SMILES string of the molecule is CN(CC(CCCCC(C)(C)C)CCCC(C)(C)C)PN(C)C1CCCCC1. The highest BCUT2D eigenvalue weighted by Gasteiger charge is 2.21. The number of rotatable bonds is 12. The maximum atomic E-state index is 2.66. The maximum absolute atomic E-state index is 2.66. The topological polar surface area (TPSA) is 6.48 Å². The molecule has 0 amide bonds. The van der Waals surface area contributed by atoms with Crippen molar-refractivity contribution in [2.45, 2.75) is 125 Å². The molecule has 28 heavy (non-hydrogen) atoms. The third-order valence-corrected chi connectivity index (χ3v) is 7.52. The van der Waals surface area contributed by atoms with Crippen molar-refractivity contribution in [3.63, 3.8) is 0 Å². The largest absolute Gasteiger partial charge is 0.275 e. The second kappa shape index (κ2) is 12.9. The quantitative estimate of drug-likeness (QED) is 0.236. The minimum Gasteiger partial charge on any atom is -0.275 e. The van der Waals surface area contributed by atoms with Gasteiger partial charge in [-0.1, -0.05) is 80.1 Å². The van der Waals surface area contributed by atoms with Crippen LogP contribution in [0.5, 0.6) is 0 Å². The van der Waals surface area contributed by atoms with Gasteiger partial charge in [-0.3, -0.25) is 9.34 Å². The van der Waals surface area contributed by atoms with Crippen LogP contribution in [-0.4, -0.2) is 36.0 Å². The fourth-order valence-corrected chi connectivity index (χ4v) is 5.88. The summed E-state index contributed by atoms with van der Waals surface area (Å²) in [5.74, 6) is 0.875. The van der Waals surface area contributed by atoms with Crippen molar-refractivity contribution < 1.29 is 0 Å². The van der Waals surface area contributed by atoms with Crippen LogP contribution in [0.4, 0.5) is 0 Å². The monoisotopic (exact) mass is 412 g/mol. The normalized spacial score (nSPS) is 18.6. The summed E-state index contributed by atoms with van der Waals surface area (Å²) in [5.41, 5.74) is 0.967. The minimum atomic E-state index is 0.478. The van der Waals surface area contributed by atoms with Crippen molar-refractivity contribution >= 4 is 8.88 Å². The lowest BCUT2D eigenvalue weighted by Crippen LogP contribution is -2.31. The van der Waals surface area contributed by atoms with Gasteiger partial charge in [0.15, 0.2) is 0 Å². The molecule has 0 aromatic heterocycles. The van der Waals surface area contributed by atoms with Gasteiger partial charge in [0.25, 0.3) is 0 Å². The predicted molar refractivity (Wildman–Crippen MR) is 130 cm³/mol. The summed E-state index contributed by atoms with van der Waals surface area (Å²) in [7, 11) is 5.59. The van der Waals surface area contributed by atoms with Crippen molar-refractivity contribution in [3.8, 4) is 0 Å². The first-order valence-electron chi connectivity index (χ1n) is 12.2. The molecule has 0 bridgehead atoms. The Labute approximate surface area is 180 Å². The number of hydrogen-bond acceptors (Lipinski definition) is 2.